The monoisotopic (exact) mass is 735 g/mol. The molecular weight excluding hydrogens is 685 g/mol. The maximum atomic E-state index is 15.4. The van der Waals surface area contributed by atoms with Gasteiger partial charge in [0.1, 0.15) is 22.7 Å². The molecule has 3 heterocycles. The molecule has 3 nitrogen and oxygen atoms in total. The van der Waals surface area contributed by atoms with Gasteiger partial charge >= 0.3 is 0 Å². The molecule has 0 N–H and O–H groups in total. The Morgan fingerprint density at radius 1 is 0.577 bits per heavy atom. The number of unbranched alkanes of at least 4 members (excludes halogenated alkanes) is 2. The summed E-state index contributed by atoms with van der Waals surface area (Å²) in [6, 6.07) is 23.3. The fraction of sp³-hybridized carbons (Fsp3) is 0.400. The first kappa shape index (κ1) is 37.9. The van der Waals surface area contributed by atoms with Crippen molar-refractivity contribution in [1.29, 1.82) is 0 Å². The van der Waals surface area contributed by atoms with Crippen molar-refractivity contribution >= 4 is 34.1 Å². The number of thiophene rings is 1. The second-order valence-electron chi connectivity index (χ2n) is 14.3. The van der Waals surface area contributed by atoms with Gasteiger partial charge in [-0.15, -0.1) is 11.3 Å². The minimum atomic E-state index is -0.186. The number of hydrogen-bond donors (Lipinski definition) is 0. The molecule has 0 saturated carbocycles. The van der Waals surface area contributed by atoms with Crippen molar-refractivity contribution in [2.24, 2.45) is 11.8 Å². The summed E-state index contributed by atoms with van der Waals surface area (Å²) in [6.45, 7) is 8.99. The average molecular weight is 736 g/mol. The van der Waals surface area contributed by atoms with Crippen LogP contribution < -0.4 is 0 Å². The second-order valence-corrected chi connectivity index (χ2v) is 15.9. The van der Waals surface area contributed by atoms with Crippen LogP contribution in [-0.4, -0.2) is 13.7 Å². The molecule has 0 saturated heterocycles. The van der Waals surface area contributed by atoms with E-state index in [0.717, 1.165) is 91.7 Å². The summed E-state index contributed by atoms with van der Waals surface area (Å²) in [5.74, 6) is 1.05. The largest absolute Gasteiger partial charge is 0.253 e. The van der Waals surface area contributed by atoms with Crippen molar-refractivity contribution in [3.63, 3.8) is 0 Å². The fourth-order valence-electron chi connectivity index (χ4n) is 7.29. The van der Waals surface area contributed by atoms with Crippen LogP contribution in [0.25, 0.3) is 54.3 Å². The number of halogens is 2. The normalized spacial score (nSPS) is 12.8. The number of pyridine rings is 1. The van der Waals surface area contributed by atoms with Crippen LogP contribution in [0, 0.1) is 23.5 Å². The lowest BCUT2D eigenvalue weighted by Crippen LogP contribution is -2.01. The van der Waals surface area contributed by atoms with Crippen LogP contribution in [0.3, 0.4) is 0 Å². The number of aryl methyl sites for hydroxylation is 2. The molecule has 0 bridgehead atoms. The van der Waals surface area contributed by atoms with Crippen molar-refractivity contribution in [2.75, 3.05) is 0 Å². The predicted molar refractivity (Wildman–Crippen MR) is 218 cm³/mol. The average Bonchev–Trinajstić information content (AvgIpc) is 3.86. The molecule has 0 spiro atoms. The van der Waals surface area contributed by atoms with E-state index in [4.69, 9.17) is 4.98 Å². The van der Waals surface area contributed by atoms with Gasteiger partial charge in [0.2, 0.25) is 0 Å². The molecule has 3 aromatic heterocycles. The van der Waals surface area contributed by atoms with Crippen molar-refractivity contribution in [3.05, 3.63) is 102 Å². The number of fused-ring (bicyclic) bond motifs is 1. The van der Waals surface area contributed by atoms with Crippen molar-refractivity contribution in [2.45, 2.75) is 105 Å². The first-order chi connectivity index (χ1) is 25.4. The van der Waals surface area contributed by atoms with Gasteiger partial charge in [0, 0.05) is 38.2 Å². The highest BCUT2D eigenvalue weighted by Crippen LogP contribution is 2.40. The Morgan fingerprint density at radius 3 is 1.67 bits per heavy atom. The highest BCUT2D eigenvalue weighted by Gasteiger charge is 2.18. The third kappa shape index (κ3) is 9.03. The van der Waals surface area contributed by atoms with Crippen molar-refractivity contribution in [1.82, 2.24) is 13.7 Å². The third-order valence-electron chi connectivity index (χ3n) is 10.7. The maximum absolute atomic E-state index is 15.4. The van der Waals surface area contributed by atoms with E-state index >= 15 is 8.78 Å². The van der Waals surface area contributed by atoms with Crippen LogP contribution in [-0.2, 0) is 12.8 Å². The Hall–Kier alpha value is -3.81. The van der Waals surface area contributed by atoms with Gasteiger partial charge in [0.05, 0.1) is 17.4 Å². The van der Waals surface area contributed by atoms with Crippen LogP contribution in [0.15, 0.2) is 79.0 Å². The topological polar surface area (TPSA) is 38.7 Å². The molecule has 0 fully saturated rings. The lowest BCUT2D eigenvalue weighted by Gasteiger charge is -2.14. The van der Waals surface area contributed by atoms with Crippen LogP contribution in [0.4, 0.5) is 8.78 Å². The first-order valence-electron chi connectivity index (χ1n) is 19.3. The molecule has 6 rings (SSSR count). The molecule has 272 valence electrons. The minimum Gasteiger partial charge on any atom is -0.253 e. The van der Waals surface area contributed by atoms with E-state index in [1.165, 1.54) is 51.4 Å². The molecule has 3 aromatic carbocycles. The van der Waals surface area contributed by atoms with Crippen LogP contribution in [0.5, 0.6) is 0 Å². The number of hydrogen-bond acceptors (Lipinski definition) is 5. The van der Waals surface area contributed by atoms with E-state index in [1.54, 1.807) is 23.5 Å². The summed E-state index contributed by atoms with van der Waals surface area (Å²) >= 11 is 2.70. The predicted octanol–water partition coefficient (Wildman–Crippen LogP) is 14.4. The summed E-state index contributed by atoms with van der Waals surface area (Å²) in [5.41, 5.74) is 8.19. The molecule has 0 amide bonds. The summed E-state index contributed by atoms with van der Waals surface area (Å²) in [5, 5.41) is 0. The van der Waals surface area contributed by atoms with Gasteiger partial charge in [-0.1, -0.05) is 128 Å². The molecule has 52 heavy (non-hydrogen) atoms. The highest BCUT2D eigenvalue weighted by molar-refractivity contribution is 7.19. The van der Waals surface area contributed by atoms with Gasteiger partial charge in [-0.25, -0.2) is 8.78 Å². The van der Waals surface area contributed by atoms with Gasteiger partial charge in [-0.05, 0) is 78.5 Å². The van der Waals surface area contributed by atoms with Crippen molar-refractivity contribution in [3.8, 4) is 43.3 Å². The quantitative estimate of drug-likeness (QED) is 0.0882. The minimum absolute atomic E-state index is 0.177. The van der Waals surface area contributed by atoms with Gasteiger partial charge in [0.25, 0.3) is 0 Å². The van der Waals surface area contributed by atoms with Crippen LogP contribution >= 0.6 is 23.1 Å². The third-order valence-corrected chi connectivity index (χ3v) is 12.4. The lowest BCUT2D eigenvalue weighted by atomic mass is 9.92. The molecule has 0 radical (unpaired) electrons. The Labute approximate surface area is 316 Å². The van der Waals surface area contributed by atoms with Gasteiger partial charge in [-0.3, -0.25) is 4.98 Å². The van der Waals surface area contributed by atoms with E-state index < -0.39 is 0 Å². The standard InChI is InChI=1S/C45H51F2N3S2/c1-5-9-11-30(7-3)13-15-32-17-23-36(39(46)27-32)34-19-21-35(22-20-34)43-45-44(49-52-50-45)38(29-48-43)42-26-25-41(51-42)37-24-18-33(28-40(37)47)16-14-31(8-4)12-10-6-2/h17-31H,5-16H2,1-4H3. The van der Waals surface area contributed by atoms with E-state index in [0.29, 0.717) is 23.0 Å². The Morgan fingerprint density at radius 2 is 1.12 bits per heavy atom. The Bertz CT molecular complexity index is 2050. The number of rotatable bonds is 18. The molecule has 0 aliphatic carbocycles. The summed E-state index contributed by atoms with van der Waals surface area (Å²) in [6.07, 6.45) is 15.7. The fourth-order valence-corrected chi connectivity index (χ4v) is 8.90. The zero-order valence-electron chi connectivity index (χ0n) is 31.1. The van der Waals surface area contributed by atoms with Gasteiger partial charge in [0.15, 0.2) is 0 Å². The van der Waals surface area contributed by atoms with E-state index in [9.17, 15) is 0 Å². The highest BCUT2D eigenvalue weighted by atomic mass is 32.1. The summed E-state index contributed by atoms with van der Waals surface area (Å²) in [7, 11) is 0. The molecular formula is C45H51F2N3S2. The van der Waals surface area contributed by atoms with Gasteiger partial charge < -0.3 is 0 Å². The summed E-state index contributed by atoms with van der Waals surface area (Å²) in [4.78, 5) is 6.70. The van der Waals surface area contributed by atoms with Crippen LogP contribution in [0.2, 0.25) is 0 Å². The number of benzene rings is 3. The second kappa shape index (κ2) is 18.3. The zero-order chi connectivity index (χ0) is 36.5. The zero-order valence-corrected chi connectivity index (χ0v) is 32.7. The molecule has 2 unspecified atom stereocenters. The van der Waals surface area contributed by atoms with E-state index in [2.05, 4.69) is 48.6 Å². The molecule has 0 aliphatic rings. The SMILES string of the molecule is CCCCC(CC)CCc1ccc(-c2ccc(-c3ncc(-c4ccc(-c5ccc(CCC(CC)CCCC)cc5F)s4)c4nsnc34)cc2)c(F)c1. The maximum Gasteiger partial charge on any atom is 0.132 e. The number of nitrogens with zero attached hydrogens (tertiary/aromatic N) is 3. The lowest BCUT2D eigenvalue weighted by molar-refractivity contribution is 0.421. The summed E-state index contributed by atoms with van der Waals surface area (Å²) < 4.78 is 40.1. The molecule has 6 aromatic rings. The van der Waals surface area contributed by atoms with E-state index in [1.807, 2.05) is 54.7 Å². The molecule has 2 atom stereocenters. The van der Waals surface area contributed by atoms with Crippen molar-refractivity contribution < 1.29 is 8.78 Å². The molecule has 0 aliphatic heterocycles. The smallest absolute Gasteiger partial charge is 0.132 e. The van der Waals surface area contributed by atoms with Crippen LogP contribution in [0.1, 0.15) is 103 Å². The number of aromatic nitrogens is 3. The van der Waals surface area contributed by atoms with E-state index in [-0.39, 0.29) is 11.6 Å². The Balaban J connectivity index is 1.16. The first-order valence-corrected chi connectivity index (χ1v) is 20.9. The Kier molecular flexibility index (Phi) is 13.3. The molecule has 7 heteroatoms. The van der Waals surface area contributed by atoms with Gasteiger partial charge in [-0.2, -0.15) is 8.75 Å².